The predicted molar refractivity (Wildman–Crippen MR) is 78.3 cm³/mol. The van der Waals surface area contributed by atoms with Crippen molar-refractivity contribution in [2.24, 2.45) is 5.41 Å². The van der Waals surface area contributed by atoms with Crippen molar-refractivity contribution in [3.63, 3.8) is 0 Å². The average molecular weight is 260 g/mol. The first-order valence-electron chi connectivity index (χ1n) is 7.47. The first-order valence-corrected chi connectivity index (χ1v) is 7.47. The zero-order valence-electron chi connectivity index (χ0n) is 11.6. The molecular formula is C16H24N2O. The van der Waals surface area contributed by atoms with Crippen molar-refractivity contribution in [2.75, 3.05) is 31.1 Å². The van der Waals surface area contributed by atoms with Crippen LogP contribution in [0.25, 0.3) is 0 Å². The molecule has 1 saturated heterocycles. The number of rotatable bonds is 6. The molecule has 3 nitrogen and oxygen atoms in total. The SMILES string of the molecule is OCC1(CNCc2ccc(N3CCCC3)cc2)CC1. The lowest BCUT2D eigenvalue weighted by atomic mass is 10.1. The Kier molecular flexibility index (Phi) is 3.76. The Morgan fingerprint density at radius 3 is 2.37 bits per heavy atom. The van der Waals surface area contributed by atoms with Gasteiger partial charge in [0, 0.05) is 43.9 Å². The van der Waals surface area contributed by atoms with Crippen LogP contribution in [0.1, 0.15) is 31.2 Å². The minimum atomic E-state index is 0.204. The topological polar surface area (TPSA) is 35.5 Å². The van der Waals surface area contributed by atoms with Crippen LogP contribution in [-0.2, 0) is 6.54 Å². The van der Waals surface area contributed by atoms with Crippen molar-refractivity contribution >= 4 is 5.69 Å². The predicted octanol–water partition coefficient (Wildman–Crippen LogP) is 2.15. The van der Waals surface area contributed by atoms with Crippen molar-refractivity contribution in [1.29, 1.82) is 0 Å². The van der Waals surface area contributed by atoms with Crippen molar-refractivity contribution < 1.29 is 5.11 Å². The molecule has 1 aromatic rings. The minimum Gasteiger partial charge on any atom is -0.396 e. The van der Waals surface area contributed by atoms with Gasteiger partial charge in [-0.1, -0.05) is 12.1 Å². The molecule has 0 atom stereocenters. The lowest BCUT2D eigenvalue weighted by molar-refractivity contribution is 0.207. The van der Waals surface area contributed by atoms with Crippen molar-refractivity contribution in [3.05, 3.63) is 29.8 Å². The van der Waals surface area contributed by atoms with Crippen molar-refractivity contribution in [2.45, 2.75) is 32.2 Å². The molecule has 0 spiro atoms. The van der Waals surface area contributed by atoms with Crippen LogP contribution in [0.3, 0.4) is 0 Å². The third-order valence-electron chi connectivity index (χ3n) is 4.53. The van der Waals surface area contributed by atoms with Gasteiger partial charge in [0.2, 0.25) is 0 Å². The number of hydrogen-bond donors (Lipinski definition) is 2. The number of anilines is 1. The number of hydrogen-bond acceptors (Lipinski definition) is 3. The number of nitrogens with one attached hydrogen (secondary N) is 1. The number of aliphatic hydroxyl groups excluding tert-OH is 1. The standard InChI is InChI=1S/C16H24N2O/c19-13-16(7-8-16)12-17-11-14-3-5-15(6-4-14)18-9-1-2-10-18/h3-6,17,19H,1-2,7-13H2. The van der Waals surface area contributed by atoms with Crippen LogP contribution in [0.5, 0.6) is 0 Å². The van der Waals surface area contributed by atoms with E-state index in [2.05, 4.69) is 34.5 Å². The Morgan fingerprint density at radius 1 is 1.11 bits per heavy atom. The first kappa shape index (κ1) is 12.9. The fourth-order valence-electron chi connectivity index (χ4n) is 2.84. The fourth-order valence-corrected chi connectivity index (χ4v) is 2.84. The zero-order valence-corrected chi connectivity index (χ0v) is 11.6. The molecule has 1 aromatic carbocycles. The van der Waals surface area contributed by atoms with Gasteiger partial charge in [0.25, 0.3) is 0 Å². The molecule has 3 rings (SSSR count). The number of aliphatic hydroxyl groups is 1. The smallest absolute Gasteiger partial charge is 0.0499 e. The average Bonchev–Trinajstić information content (AvgIpc) is 3.02. The van der Waals surface area contributed by atoms with Gasteiger partial charge in [0.05, 0.1) is 0 Å². The van der Waals surface area contributed by atoms with Crippen LogP contribution in [-0.4, -0.2) is 31.3 Å². The van der Waals surface area contributed by atoms with E-state index in [4.69, 9.17) is 0 Å². The Hall–Kier alpha value is -1.06. The van der Waals surface area contributed by atoms with Gasteiger partial charge in [-0.2, -0.15) is 0 Å². The van der Waals surface area contributed by atoms with E-state index in [1.54, 1.807) is 0 Å². The van der Waals surface area contributed by atoms with E-state index in [0.29, 0.717) is 6.61 Å². The van der Waals surface area contributed by atoms with E-state index in [9.17, 15) is 5.11 Å². The molecule has 0 unspecified atom stereocenters. The molecule has 2 fully saturated rings. The maximum Gasteiger partial charge on any atom is 0.0499 e. The summed E-state index contributed by atoms with van der Waals surface area (Å²) < 4.78 is 0. The monoisotopic (exact) mass is 260 g/mol. The van der Waals surface area contributed by atoms with E-state index in [1.807, 2.05) is 0 Å². The van der Waals surface area contributed by atoms with Gasteiger partial charge in [-0.25, -0.2) is 0 Å². The van der Waals surface area contributed by atoms with E-state index in [0.717, 1.165) is 13.1 Å². The summed E-state index contributed by atoms with van der Waals surface area (Å²) in [6.45, 7) is 4.58. The highest BCUT2D eigenvalue weighted by Crippen LogP contribution is 2.44. The van der Waals surface area contributed by atoms with Gasteiger partial charge < -0.3 is 15.3 Å². The number of nitrogens with zero attached hydrogens (tertiary/aromatic N) is 1. The summed E-state index contributed by atoms with van der Waals surface area (Å²) in [5.74, 6) is 0. The molecular weight excluding hydrogens is 236 g/mol. The maximum absolute atomic E-state index is 9.27. The largest absolute Gasteiger partial charge is 0.396 e. The van der Waals surface area contributed by atoms with Crippen LogP contribution in [0.4, 0.5) is 5.69 Å². The molecule has 1 saturated carbocycles. The van der Waals surface area contributed by atoms with Crippen molar-refractivity contribution in [1.82, 2.24) is 5.32 Å². The lowest BCUT2D eigenvalue weighted by Gasteiger charge is -2.18. The molecule has 0 aromatic heterocycles. The second-order valence-corrected chi connectivity index (χ2v) is 6.12. The summed E-state index contributed by atoms with van der Waals surface area (Å²) in [7, 11) is 0. The molecule has 2 N–H and O–H groups in total. The summed E-state index contributed by atoms with van der Waals surface area (Å²) in [4.78, 5) is 2.46. The van der Waals surface area contributed by atoms with Gasteiger partial charge in [-0.3, -0.25) is 0 Å². The van der Waals surface area contributed by atoms with Gasteiger partial charge in [0.1, 0.15) is 0 Å². The van der Waals surface area contributed by atoms with Gasteiger partial charge in [-0.05, 0) is 43.4 Å². The molecule has 2 aliphatic rings. The Morgan fingerprint density at radius 2 is 1.79 bits per heavy atom. The number of benzene rings is 1. The summed E-state index contributed by atoms with van der Waals surface area (Å²) in [5, 5.41) is 12.7. The maximum atomic E-state index is 9.27. The summed E-state index contributed by atoms with van der Waals surface area (Å²) >= 11 is 0. The molecule has 104 valence electrons. The highest BCUT2D eigenvalue weighted by Gasteiger charge is 2.41. The lowest BCUT2D eigenvalue weighted by Crippen LogP contribution is -2.26. The molecule has 0 radical (unpaired) electrons. The van der Waals surface area contributed by atoms with Crippen LogP contribution in [0, 0.1) is 5.41 Å². The Balaban J connectivity index is 1.48. The van der Waals surface area contributed by atoms with E-state index in [-0.39, 0.29) is 5.41 Å². The van der Waals surface area contributed by atoms with Gasteiger partial charge >= 0.3 is 0 Å². The third-order valence-corrected chi connectivity index (χ3v) is 4.53. The molecule has 1 aliphatic carbocycles. The quantitative estimate of drug-likeness (QED) is 0.822. The molecule has 0 bridgehead atoms. The second-order valence-electron chi connectivity index (χ2n) is 6.12. The Bertz CT molecular complexity index is 405. The molecule has 3 heteroatoms. The van der Waals surface area contributed by atoms with Gasteiger partial charge in [0.15, 0.2) is 0 Å². The molecule has 19 heavy (non-hydrogen) atoms. The zero-order chi connectivity index (χ0) is 13.1. The minimum absolute atomic E-state index is 0.204. The van der Waals surface area contributed by atoms with Crippen LogP contribution in [0.15, 0.2) is 24.3 Å². The Labute approximate surface area is 115 Å². The summed E-state index contributed by atoms with van der Waals surface area (Å²) in [5.41, 5.74) is 2.89. The molecule has 1 heterocycles. The van der Waals surface area contributed by atoms with E-state index in [1.165, 1.54) is 50.0 Å². The fraction of sp³-hybridized carbons (Fsp3) is 0.625. The normalized spacial score (nSPS) is 20.8. The van der Waals surface area contributed by atoms with E-state index >= 15 is 0 Å². The summed E-state index contributed by atoms with van der Waals surface area (Å²) in [6, 6.07) is 8.92. The molecule has 0 amide bonds. The molecule has 1 aliphatic heterocycles. The van der Waals surface area contributed by atoms with E-state index < -0.39 is 0 Å². The van der Waals surface area contributed by atoms with Crippen LogP contribution < -0.4 is 10.2 Å². The highest BCUT2D eigenvalue weighted by atomic mass is 16.3. The highest BCUT2D eigenvalue weighted by molar-refractivity contribution is 5.48. The summed E-state index contributed by atoms with van der Waals surface area (Å²) in [6.07, 6.45) is 4.99. The van der Waals surface area contributed by atoms with Gasteiger partial charge in [-0.15, -0.1) is 0 Å². The first-order chi connectivity index (χ1) is 9.31. The third kappa shape index (κ3) is 3.10. The van der Waals surface area contributed by atoms with Crippen LogP contribution in [0.2, 0.25) is 0 Å². The van der Waals surface area contributed by atoms with Crippen molar-refractivity contribution in [3.8, 4) is 0 Å². The second kappa shape index (κ2) is 5.51. The van der Waals surface area contributed by atoms with Crippen LogP contribution >= 0.6 is 0 Å².